The summed E-state index contributed by atoms with van der Waals surface area (Å²) >= 11 is 1.06. The number of hydrogen-bond donors (Lipinski definition) is 2. The Labute approximate surface area is 153 Å². The molecule has 138 valence electrons. The summed E-state index contributed by atoms with van der Waals surface area (Å²) in [6, 6.07) is 4.43. The number of ether oxygens (including phenoxy) is 3. The van der Waals surface area contributed by atoms with Crippen LogP contribution in [-0.2, 0) is 19.6 Å². The molecule has 0 radical (unpaired) electrons. The highest BCUT2D eigenvalue weighted by atomic mass is 32.2. The lowest BCUT2D eigenvalue weighted by atomic mass is 10.1. The normalized spacial score (nSPS) is 13.1. The van der Waals surface area contributed by atoms with E-state index in [9.17, 15) is 18.3 Å². The number of fused-ring (bicyclic) bond motifs is 1. The van der Waals surface area contributed by atoms with Gasteiger partial charge in [-0.25, -0.2) is 13.2 Å². The Morgan fingerprint density at radius 2 is 2.19 bits per heavy atom. The smallest absolute Gasteiger partial charge is 0.330 e. The topological polar surface area (TPSA) is 111 Å². The predicted molar refractivity (Wildman–Crippen MR) is 95.0 cm³/mol. The van der Waals surface area contributed by atoms with Crippen molar-refractivity contribution in [3.8, 4) is 17.2 Å². The third-order valence-electron chi connectivity index (χ3n) is 3.34. The number of rotatable bonds is 6. The van der Waals surface area contributed by atoms with E-state index in [1.807, 2.05) is 0 Å². The number of sulfonamides is 1. The molecule has 2 N–H and O–H groups in total. The Morgan fingerprint density at radius 3 is 2.88 bits per heavy atom. The van der Waals surface area contributed by atoms with Crippen molar-refractivity contribution in [2.45, 2.75) is 11.1 Å². The van der Waals surface area contributed by atoms with Gasteiger partial charge in [-0.3, -0.25) is 4.72 Å². The van der Waals surface area contributed by atoms with Gasteiger partial charge in [0.15, 0.2) is 11.5 Å². The van der Waals surface area contributed by atoms with E-state index < -0.39 is 16.0 Å². The molecule has 0 saturated carbocycles. The summed E-state index contributed by atoms with van der Waals surface area (Å²) in [5.74, 6) is -0.779. The standard InChI is InChI=1S/C16H15NO7S2/c1-2-22-12(18)6-5-10-8-11(15-16(14(10)19)24-9-23-15)17-26(20,21)13-4-3-7-25-13/h3-8,17,19H,2,9H2,1H3. The minimum absolute atomic E-state index is 0.000103. The average molecular weight is 397 g/mol. The third kappa shape index (κ3) is 3.60. The van der Waals surface area contributed by atoms with E-state index in [4.69, 9.17) is 14.2 Å². The minimum atomic E-state index is -3.83. The molecular weight excluding hydrogens is 382 g/mol. The van der Waals surface area contributed by atoms with Crippen molar-refractivity contribution in [1.82, 2.24) is 0 Å². The molecule has 0 bridgehead atoms. The molecule has 8 nitrogen and oxygen atoms in total. The highest BCUT2D eigenvalue weighted by molar-refractivity contribution is 7.94. The van der Waals surface area contributed by atoms with E-state index in [0.29, 0.717) is 0 Å². The van der Waals surface area contributed by atoms with Gasteiger partial charge in [-0.2, -0.15) is 0 Å². The van der Waals surface area contributed by atoms with Gasteiger partial charge in [-0.1, -0.05) is 6.07 Å². The number of carbonyl (C=O) groups is 1. The molecule has 1 aliphatic rings. The Kier molecular flexibility index (Phi) is 5.05. The lowest BCUT2D eigenvalue weighted by Gasteiger charge is -2.12. The predicted octanol–water partition coefficient (Wildman–Crippen LogP) is 2.56. The van der Waals surface area contributed by atoms with E-state index in [1.165, 1.54) is 18.2 Å². The van der Waals surface area contributed by atoms with Crippen LogP contribution in [0, 0.1) is 0 Å². The number of carbonyl (C=O) groups excluding carboxylic acids is 1. The van der Waals surface area contributed by atoms with Crippen LogP contribution in [0.4, 0.5) is 5.69 Å². The summed E-state index contributed by atoms with van der Waals surface area (Å²) < 4.78 is 42.7. The zero-order valence-corrected chi connectivity index (χ0v) is 15.2. The molecular formula is C16H15NO7S2. The van der Waals surface area contributed by atoms with Crippen LogP contribution in [0.5, 0.6) is 17.2 Å². The second-order valence-corrected chi connectivity index (χ2v) is 7.91. The molecule has 1 aliphatic heterocycles. The quantitative estimate of drug-likeness (QED) is 0.438. The summed E-state index contributed by atoms with van der Waals surface area (Å²) in [6.07, 6.45) is 2.43. The summed E-state index contributed by atoms with van der Waals surface area (Å²) in [7, 11) is -3.83. The largest absolute Gasteiger partial charge is 0.504 e. The second-order valence-electron chi connectivity index (χ2n) is 5.05. The SMILES string of the molecule is CCOC(=O)C=Cc1cc(NS(=O)(=O)c2cccs2)c2c(c1O)OCO2. The monoisotopic (exact) mass is 397 g/mol. The van der Waals surface area contributed by atoms with Crippen molar-refractivity contribution in [1.29, 1.82) is 0 Å². The van der Waals surface area contributed by atoms with Gasteiger partial charge >= 0.3 is 5.97 Å². The maximum atomic E-state index is 12.5. The molecule has 0 saturated heterocycles. The number of anilines is 1. The summed E-state index contributed by atoms with van der Waals surface area (Å²) in [4.78, 5) is 11.5. The number of phenols is 1. The number of phenolic OH excluding ortho intramolecular Hbond substituents is 1. The van der Waals surface area contributed by atoms with Gasteiger partial charge in [0.25, 0.3) is 10.0 Å². The van der Waals surface area contributed by atoms with E-state index >= 15 is 0 Å². The van der Waals surface area contributed by atoms with Gasteiger partial charge in [0, 0.05) is 11.6 Å². The Morgan fingerprint density at radius 1 is 1.42 bits per heavy atom. The fourth-order valence-electron chi connectivity index (χ4n) is 2.24. The van der Waals surface area contributed by atoms with E-state index in [0.717, 1.165) is 17.4 Å². The van der Waals surface area contributed by atoms with Crippen LogP contribution in [0.25, 0.3) is 6.08 Å². The Bertz CT molecular complexity index is 949. The van der Waals surface area contributed by atoms with Crippen LogP contribution in [-0.4, -0.2) is 32.9 Å². The number of aromatic hydroxyl groups is 1. The molecule has 3 rings (SSSR count). The first-order valence-electron chi connectivity index (χ1n) is 7.49. The molecule has 0 spiro atoms. The number of benzene rings is 1. The van der Waals surface area contributed by atoms with Crippen molar-refractivity contribution in [2.24, 2.45) is 0 Å². The van der Waals surface area contributed by atoms with Crippen LogP contribution in [0.15, 0.2) is 33.9 Å². The van der Waals surface area contributed by atoms with Gasteiger partial charge < -0.3 is 19.3 Å². The molecule has 0 fully saturated rings. The van der Waals surface area contributed by atoms with Gasteiger partial charge in [-0.15, -0.1) is 11.3 Å². The summed E-state index contributed by atoms with van der Waals surface area (Å²) in [5.41, 5.74) is 0.262. The number of esters is 1. The number of hydrogen-bond acceptors (Lipinski definition) is 8. The Balaban J connectivity index is 1.99. The van der Waals surface area contributed by atoms with Crippen molar-refractivity contribution < 1.29 is 32.5 Å². The molecule has 0 unspecified atom stereocenters. The van der Waals surface area contributed by atoms with E-state index in [2.05, 4.69) is 4.72 Å². The van der Waals surface area contributed by atoms with Crippen LogP contribution >= 0.6 is 11.3 Å². The third-order valence-corrected chi connectivity index (χ3v) is 6.10. The molecule has 1 aromatic heterocycles. The van der Waals surface area contributed by atoms with Crippen LogP contribution in [0.2, 0.25) is 0 Å². The van der Waals surface area contributed by atoms with Crippen LogP contribution in [0.3, 0.4) is 0 Å². The summed E-state index contributed by atoms with van der Waals surface area (Å²) in [6.45, 7) is 1.71. The van der Waals surface area contributed by atoms with E-state index in [1.54, 1.807) is 18.4 Å². The van der Waals surface area contributed by atoms with Crippen LogP contribution < -0.4 is 14.2 Å². The molecule has 1 aromatic carbocycles. The highest BCUT2D eigenvalue weighted by Gasteiger charge is 2.27. The van der Waals surface area contributed by atoms with Crippen LogP contribution in [0.1, 0.15) is 12.5 Å². The average Bonchev–Trinajstić information content (AvgIpc) is 3.28. The van der Waals surface area contributed by atoms with Gasteiger partial charge in [0.1, 0.15) is 4.21 Å². The molecule has 0 atom stereocenters. The molecule has 0 amide bonds. The van der Waals surface area contributed by atoms with Crippen molar-refractivity contribution in [2.75, 3.05) is 18.1 Å². The van der Waals surface area contributed by atoms with E-state index in [-0.39, 0.29) is 46.1 Å². The molecule has 2 heterocycles. The fraction of sp³-hybridized carbons (Fsp3) is 0.188. The first-order valence-corrected chi connectivity index (χ1v) is 9.85. The second kappa shape index (κ2) is 7.26. The molecule has 10 heteroatoms. The maximum Gasteiger partial charge on any atom is 0.330 e. The number of nitrogens with one attached hydrogen (secondary N) is 1. The maximum absolute atomic E-state index is 12.5. The minimum Gasteiger partial charge on any atom is -0.504 e. The first kappa shape index (κ1) is 18.1. The molecule has 2 aromatic rings. The lowest BCUT2D eigenvalue weighted by Crippen LogP contribution is -2.12. The summed E-state index contributed by atoms with van der Waals surface area (Å²) in [5, 5.41) is 11.9. The zero-order valence-electron chi connectivity index (χ0n) is 13.6. The first-order chi connectivity index (χ1) is 12.4. The zero-order chi connectivity index (χ0) is 18.7. The highest BCUT2D eigenvalue weighted by Crippen LogP contribution is 2.48. The fourth-order valence-corrected chi connectivity index (χ4v) is 4.28. The molecule has 26 heavy (non-hydrogen) atoms. The van der Waals surface area contributed by atoms with Crippen molar-refractivity contribution in [3.05, 3.63) is 35.2 Å². The molecule has 0 aliphatic carbocycles. The lowest BCUT2D eigenvalue weighted by molar-refractivity contribution is -0.137. The van der Waals surface area contributed by atoms with Gasteiger partial charge in [0.05, 0.1) is 12.3 Å². The van der Waals surface area contributed by atoms with Crippen molar-refractivity contribution >= 4 is 39.1 Å². The Hall–Kier alpha value is -2.72. The van der Waals surface area contributed by atoms with Gasteiger partial charge in [-0.05, 0) is 30.5 Å². The van der Waals surface area contributed by atoms with Gasteiger partial charge in [0.2, 0.25) is 12.5 Å². The number of thiophene rings is 1. The van der Waals surface area contributed by atoms with Crippen molar-refractivity contribution in [3.63, 3.8) is 0 Å².